The fraction of sp³-hybridized carbons (Fsp3) is 0.778. The first-order valence-electron chi connectivity index (χ1n) is 4.06. The first kappa shape index (κ1) is 8.96. The Morgan fingerprint density at radius 1 is 1.73 bits per heavy atom. The fourth-order valence-electron chi connectivity index (χ4n) is 1.34. The van der Waals surface area contributed by atoms with Crippen LogP contribution in [0.25, 0.3) is 0 Å². The van der Waals surface area contributed by atoms with Crippen LogP contribution in [0, 0.1) is 18.3 Å². The molecule has 1 rings (SSSR count). The number of rotatable bonds is 1. The monoisotopic (exact) mass is 169 g/mol. The molecule has 1 atom stereocenters. The summed E-state index contributed by atoms with van der Waals surface area (Å²) in [5.41, 5.74) is 0. The highest BCUT2D eigenvalue weighted by Gasteiger charge is 2.12. The lowest BCUT2D eigenvalue weighted by molar-refractivity contribution is 0.296. The highest BCUT2D eigenvalue weighted by molar-refractivity contribution is 7.99. The van der Waals surface area contributed by atoms with Gasteiger partial charge in [0, 0.05) is 18.8 Å². The van der Waals surface area contributed by atoms with Crippen molar-refractivity contribution < 1.29 is 0 Å². The third-order valence-corrected chi connectivity index (χ3v) is 3.11. The van der Waals surface area contributed by atoms with Crippen molar-refractivity contribution >= 4 is 11.8 Å². The van der Waals surface area contributed by atoms with Gasteiger partial charge in [-0.1, -0.05) is 12.8 Å². The van der Waals surface area contributed by atoms with Crippen LogP contribution in [-0.2, 0) is 0 Å². The molecule has 11 heavy (non-hydrogen) atoms. The lowest BCUT2D eigenvalue weighted by Crippen LogP contribution is -2.29. The van der Waals surface area contributed by atoms with E-state index in [-0.39, 0.29) is 0 Å². The summed E-state index contributed by atoms with van der Waals surface area (Å²) >= 11 is 2.04. The first-order chi connectivity index (χ1) is 5.33. The van der Waals surface area contributed by atoms with E-state index in [1.807, 2.05) is 11.8 Å². The van der Waals surface area contributed by atoms with E-state index in [0.29, 0.717) is 0 Å². The van der Waals surface area contributed by atoms with Crippen molar-refractivity contribution in [2.24, 2.45) is 5.92 Å². The minimum atomic E-state index is 0.802. The van der Waals surface area contributed by atoms with Crippen molar-refractivity contribution in [1.82, 2.24) is 4.90 Å². The zero-order chi connectivity index (χ0) is 8.10. The van der Waals surface area contributed by atoms with Crippen LogP contribution in [0.4, 0.5) is 0 Å². The molecule has 0 radical (unpaired) electrons. The Kier molecular flexibility index (Phi) is 3.82. The molecule has 0 saturated carbocycles. The van der Waals surface area contributed by atoms with Gasteiger partial charge in [0.2, 0.25) is 0 Å². The molecule has 0 N–H and O–H groups in total. The van der Waals surface area contributed by atoms with Crippen LogP contribution in [0.2, 0.25) is 0 Å². The molecule has 0 aromatic heterocycles. The van der Waals surface area contributed by atoms with E-state index in [1.54, 1.807) is 0 Å². The summed E-state index contributed by atoms with van der Waals surface area (Å²) in [6.45, 7) is 5.46. The summed E-state index contributed by atoms with van der Waals surface area (Å²) in [4.78, 5) is 2.37. The van der Waals surface area contributed by atoms with E-state index in [4.69, 9.17) is 6.42 Å². The van der Waals surface area contributed by atoms with E-state index in [2.05, 4.69) is 17.7 Å². The molecule has 62 valence electrons. The van der Waals surface area contributed by atoms with Gasteiger partial charge >= 0.3 is 0 Å². The Labute approximate surface area is 73.5 Å². The van der Waals surface area contributed by atoms with Gasteiger partial charge in [-0.15, -0.1) is 6.42 Å². The lowest BCUT2D eigenvalue weighted by Gasteiger charge is -2.18. The largest absolute Gasteiger partial charge is 0.291 e. The van der Waals surface area contributed by atoms with Crippen LogP contribution in [0.5, 0.6) is 0 Å². The Balaban J connectivity index is 2.34. The van der Waals surface area contributed by atoms with Crippen molar-refractivity contribution in [1.29, 1.82) is 0 Å². The molecule has 1 saturated heterocycles. The lowest BCUT2D eigenvalue weighted by atomic mass is 10.2. The summed E-state index contributed by atoms with van der Waals surface area (Å²) in [6, 6.07) is 0. The van der Waals surface area contributed by atoms with Crippen LogP contribution in [0.1, 0.15) is 6.92 Å². The van der Waals surface area contributed by atoms with Crippen molar-refractivity contribution in [3.05, 3.63) is 0 Å². The SMILES string of the molecule is C#CCN1CCSCC(C)C1. The van der Waals surface area contributed by atoms with Gasteiger partial charge in [0.1, 0.15) is 0 Å². The predicted molar refractivity (Wildman–Crippen MR) is 51.8 cm³/mol. The molecule has 2 heteroatoms. The van der Waals surface area contributed by atoms with E-state index in [0.717, 1.165) is 12.5 Å². The van der Waals surface area contributed by atoms with Crippen LogP contribution in [-0.4, -0.2) is 36.0 Å². The molecule has 0 aliphatic carbocycles. The van der Waals surface area contributed by atoms with Gasteiger partial charge in [-0.05, 0) is 11.7 Å². The van der Waals surface area contributed by atoms with Crippen LogP contribution >= 0.6 is 11.8 Å². The second-order valence-corrected chi connectivity index (χ2v) is 4.27. The Bertz CT molecular complexity index is 150. The molecule has 0 bridgehead atoms. The van der Waals surface area contributed by atoms with E-state index in [1.165, 1.54) is 24.6 Å². The Hall–Kier alpha value is -0.130. The highest BCUT2D eigenvalue weighted by atomic mass is 32.2. The second kappa shape index (κ2) is 4.69. The average molecular weight is 169 g/mol. The number of thioether (sulfide) groups is 1. The molecule has 1 heterocycles. The van der Waals surface area contributed by atoms with Gasteiger partial charge < -0.3 is 0 Å². The summed E-state index contributed by atoms with van der Waals surface area (Å²) in [5, 5.41) is 0. The number of hydrogen-bond acceptors (Lipinski definition) is 2. The van der Waals surface area contributed by atoms with Crippen LogP contribution in [0.15, 0.2) is 0 Å². The van der Waals surface area contributed by atoms with Crippen molar-refractivity contribution in [3.63, 3.8) is 0 Å². The zero-order valence-corrected chi connectivity index (χ0v) is 7.86. The standard InChI is InChI=1S/C9H15NS/c1-3-4-10-5-6-11-8-9(2)7-10/h1,9H,4-8H2,2H3. The Morgan fingerprint density at radius 3 is 3.27 bits per heavy atom. The van der Waals surface area contributed by atoms with Gasteiger partial charge in [-0.2, -0.15) is 11.8 Å². The van der Waals surface area contributed by atoms with Crippen LogP contribution in [0.3, 0.4) is 0 Å². The maximum absolute atomic E-state index is 5.26. The molecule has 0 amide bonds. The quantitative estimate of drug-likeness (QED) is 0.544. The summed E-state index contributed by atoms with van der Waals surface area (Å²) < 4.78 is 0. The molecule has 1 nitrogen and oxygen atoms in total. The number of terminal acetylenes is 1. The van der Waals surface area contributed by atoms with Gasteiger partial charge in [0.15, 0.2) is 0 Å². The predicted octanol–water partition coefficient (Wildman–Crippen LogP) is 1.30. The van der Waals surface area contributed by atoms with E-state index in [9.17, 15) is 0 Å². The summed E-state index contributed by atoms with van der Waals surface area (Å²) in [5.74, 6) is 6.04. The second-order valence-electron chi connectivity index (χ2n) is 3.12. The smallest absolute Gasteiger partial charge is 0.0599 e. The molecular weight excluding hydrogens is 154 g/mol. The molecule has 1 aliphatic rings. The molecule has 1 unspecified atom stereocenters. The zero-order valence-electron chi connectivity index (χ0n) is 7.05. The molecule has 0 aromatic carbocycles. The normalized spacial score (nSPS) is 27.5. The van der Waals surface area contributed by atoms with E-state index >= 15 is 0 Å². The fourth-order valence-corrected chi connectivity index (χ4v) is 2.40. The van der Waals surface area contributed by atoms with Gasteiger partial charge in [-0.25, -0.2) is 0 Å². The number of nitrogens with zero attached hydrogens (tertiary/aromatic N) is 1. The topological polar surface area (TPSA) is 3.24 Å². The third kappa shape index (κ3) is 3.18. The highest BCUT2D eigenvalue weighted by Crippen LogP contribution is 2.14. The molecule has 0 aromatic rings. The minimum Gasteiger partial charge on any atom is -0.291 e. The number of hydrogen-bond donors (Lipinski definition) is 0. The van der Waals surface area contributed by atoms with Crippen molar-refractivity contribution in [2.45, 2.75) is 6.92 Å². The van der Waals surface area contributed by atoms with E-state index < -0.39 is 0 Å². The summed E-state index contributed by atoms with van der Waals surface area (Å²) in [7, 11) is 0. The molecular formula is C9H15NS. The molecule has 1 aliphatic heterocycles. The Morgan fingerprint density at radius 2 is 2.55 bits per heavy atom. The maximum atomic E-state index is 5.26. The van der Waals surface area contributed by atoms with Gasteiger partial charge in [-0.3, -0.25) is 4.90 Å². The van der Waals surface area contributed by atoms with Crippen molar-refractivity contribution in [2.75, 3.05) is 31.1 Å². The van der Waals surface area contributed by atoms with Gasteiger partial charge in [0.05, 0.1) is 6.54 Å². The average Bonchev–Trinajstić information content (AvgIpc) is 2.15. The van der Waals surface area contributed by atoms with Crippen LogP contribution < -0.4 is 0 Å². The molecule has 1 fully saturated rings. The maximum Gasteiger partial charge on any atom is 0.0599 e. The van der Waals surface area contributed by atoms with Crippen molar-refractivity contribution in [3.8, 4) is 12.3 Å². The first-order valence-corrected chi connectivity index (χ1v) is 5.22. The summed E-state index contributed by atoms with van der Waals surface area (Å²) in [6.07, 6.45) is 5.26. The minimum absolute atomic E-state index is 0.802. The third-order valence-electron chi connectivity index (χ3n) is 1.84. The molecule has 0 spiro atoms. The van der Waals surface area contributed by atoms with Gasteiger partial charge in [0.25, 0.3) is 0 Å².